The fourth-order valence-corrected chi connectivity index (χ4v) is 3.02. The average Bonchev–Trinajstić information content (AvgIpc) is 2.33. The van der Waals surface area contributed by atoms with E-state index in [9.17, 15) is 9.59 Å². The molecule has 0 aromatic heterocycles. The first-order valence-electron chi connectivity index (χ1n) is 6.83. The van der Waals surface area contributed by atoms with Gasteiger partial charge in [-0.05, 0) is 12.8 Å². The Kier molecular flexibility index (Phi) is 3.55. The third-order valence-electron chi connectivity index (χ3n) is 4.22. The number of carbonyl (C=O) groups is 2. The van der Waals surface area contributed by atoms with E-state index in [-0.39, 0.29) is 11.3 Å². The Bertz CT molecular complexity index is 316. The van der Waals surface area contributed by atoms with Crippen LogP contribution in [-0.2, 0) is 9.59 Å². The SMILES string of the molecule is CC1(C)CN(C(=O)C2CCCCC2)CCC1=O. The quantitative estimate of drug-likeness (QED) is 0.702. The van der Waals surface area contributed by atoms with Gasteiger partial charge in [-0.2, -0.15) is 0 Å². The zero-order chi connectivity index (χ0) is 12.5. The van der Waals surface area contributed by atoms with Crippen LogP contribution >= 0.6 is 0 Å². The van der Waals surface area contributed by atoms with Crippen LogP contribution < -0.4 is 0 Å². The number of hydrogen-bond acceptors (Lipinski definition) is 2. The molecule has 17 heavy (non-hydrogen) atoms. The molecule has 2 aliphatic rings. The van der Waals surface area contributed by atoms with Gasteiger partial charge in [0.1, 0.15) is 5.78 Å². The van der Waals surface area contributed by atoms with Crippen LogP contribution in [0.1, 0.15) is 52.4 Å². The molecule has 96 valence electrons. The van der Waals surface area contributed by atoms with Crippen molar-refractivity contribution < 1.29 is 9.59 Å². The van der Waals surface area contributed by atoms with Gasteiger partial charge < -0.3 is 4.90 Å². The summed E-state index contributed by atoms with van der Waals surface area (Å²) in [6, 6.07) is 0. The molecule has 0 N–H and O–H groups in total. The molecule has 0 aromatic rings. The summed E-state index contributed by atoms with van der Waals surface area (Å²) in [7, 11) is 0. The Morgan fingerprint density at radius 1 is 1.24 bits per heavy atom. The molecule has 1 saturated carbocycles. The number of ketones is 1. The molecule has 0 unspecified atom stereocenters. The first-order valence-corrected chi connectivity index (χ1v) is 6.83. The average molecular weight is 237 g/mol. The molecular weight excluding hydrogens is 214 g/mol. The van der Waals surface area contributed by atoms with E-state index >= 15 is 0 Å². The van der Waals surface area contributed by atoms with Crippen LogP contribution in [0.3, 0.4) is 0 Å². The zero-order valence-electron chi connectivity index (χ0n) is 11.0. The van der Waals surface area contributed by atoms with Crippen molar-refractivity contribution in [3.8, 4) is 0 Å². The molecule has 3 nitrogen and oxygen atoms in total. The van der Waals surface area contributed by atoms with Crippen molar-refractivity contribution in [1.29, 1.82) is 0 Å². The smallest absolute Gasteiger partial charge is 0.225 e. The normalized spacial score (nSPS) is 26.0. The van der Waals surface area contributed by atoms with Gasteiger partial charge in [-0.25, -0.2) is 0 Å². The van der Waals surface area contributed by atoms with Crippen LogP contribution in [0.15, 0.2) is 0 Å². The van der Waals surface area contributed by atoms with E-state index in [1.165, 1.54) is 19.3 Å². The molecule has 0 atom stereocenters. The molecule has 0 spiro atoms. The monoisotopic (exact) mass is 237 g/mol. The van der Waals surface area contributed by atoms with Gasteiger partial charge in [0.25, 0.3) is 0 Å². The van der Waals surface area contributed by atoms with Crippen LogP contribution in [0, 0.1) is 11.3 Å². The summed E-state index contributed by atoms with van der Waals surface area (Å²) in [5, 5.41) is 0. The van der Waals surface area contributed by atoms with Gasteiger partial charge in [-0.3, -0.25) is 9.59 Å². The molecule has 1 aliphatic heterocycles. The minimum atomic E-state index is -0.345. The highest BCUT2D eigenvalue weighted by molar-refractivity contribution is 5.88. The summed E-state index contributed by atoms with van der Waals surface area (Å²) in [4.78, 5) is 26.0. The van der Waals surface area contributed by atoms with Crippen molar-refractivity contribution in [2.75, 3.05) is 13.1 Å². The molecular formula is C14H23NO2. The molecule has 0 radical (unpaired) electrons. The number of likely N-dealkylation sites (tertiary alicyclic amines) is 1. The summed E-state index contributed by atoms with van der Waals surface area (Å²) in [6.07, 6.45) is 6.27. The molecule has 2 fully saturated rings. The van der Waals surface area contributed by atoms with E-state index in [1.807, 2.05) is 18.7 Å². The van der Waals surface area contributed by atoms with Crippen molar-refractivity contribution >= 4 is 11.7 Å². The minimum absolute atomic E-state index is 0.229. The van der Waals surface area contributed by atoms with Crippen molar-refractivity contribution in [1.82, 2.24) is 4.90 Å². The third kappa shape index (κ3) is 2.70. The topological polar surface area (TPSA) is 37.4 Å². The molecule has 1 saturated heterocycles. The number of piperidine rings is 1. The highest BCUT2D eigenvalue weighted by Gasteiger charge is 2.37. The number of hydrogen-bond donors (Lipinski definition) is 0. The van der Waals surface area contributed by atoms with Crippen LogP contribution in [0.25, 0.3) is 0 Å². The van der Waals surface area contributed by atoms with Gasteiger partial charge in [-0.1, -0.05) is 33.1 Å². The second-order valence-electron chi connectivity index (χ2n) is 6.15. The van der Waals surface area contributed by atoms with Crippen LogP contribution in [0.4, 0.5) is 0 Å². The number of Topliss-reactive ketones (excluding diaryl/α,β-unsaturated/α-hetero) is 1. The lowest BCUT2D eigenvalue weighted by molar-refractivity contribution is -0.144. The van der Waals surface area contributed by atoms with Crippen molar-refractivity contribution in [3.05, 3.63) is 0 Å². The minimum Gasteiger partial charge on any atom is -0.341 e. The fraction of sp³-hybridized carbons (Fsp3) is 0.857. The van der Waals surface area contributed by atoms with E-state index in [0.29, 0.717) is 31.2 Å². The van der Waals surface area contributed by atoms with E-state index < -0.39 is 0 Å². The number of carbonyl (C=O) groups excluding carboxylic acids is 2. The summed E-state index contributed by atoms with van der Waals surface area (Å²) >= 11 is 0. The van der Waals surface area contributed by atoms with E-state index in [0.717, 1.165) is 12.8 Å². The van der Waals surface area contributed by atoms with Crippen molar-refractivity contribution in [2.24, 2.45) is 11.3 Å². The lowest BCUT2D eigenvalue weighted by Crippen LogP contribution is -2.50. The number of amides is 1. The van der Waals surface area contributed by atoms with Crippen molar-refractivity contribution in [3.63, 3.8) is 0 Å². The summed E-state index contributed by atoms with van der Waals surface area (Å²) in [5.41, 5.74) is -0.345. The lowest BCUT2D eigenvalue weighted by atomic mass is 9.81. The Morgan fingerprint density at radius 2 is 1.88 bits per heavy atom. The molecule has 0 bridgehead atoms. The highest BCUT2D eigenvalue weighted by Crippen LogP contribution is 2.30. The van der Waals surface area contributed by atoms with Gasteiger partial charge in [0.15, 0.2) is 0 Å². The molecule has 2 rings (SSSR count). The van der Waals surface area contributed by atoms with Gasteiger partial charge in [0, 0.05) is 30.8 Å². The van der Waals surface area contributed by atoms with Gasteiger partial charge >= 0.3 is 0 Å². The fourth-order valence-electron chi connectivity index (χ4n) is 3.02. The first-order chi connectivity index (χ1) is 8.00. The van der Waals surface area contributed by atoms with E-state index in [4.69, 9.17) is 0 Å². The molecule has 1 aliphatic carbocycles. The van der Waals surface area contributed by atoms with Gasteiger partial charge in [0.05, 0.1) is 0 Å². The summed E-state index contributed by atoms with van der Waals surface area (Å²) in [6.45, 7) is 5.16. The van der Waals surface area contributed by atoms with Crippen LogP contribution in [0.2, 0.25) is 0 Å². The first kappa shape index (κ1) is 12.6. The second kappa shape index (κ2) is 4.79. The third-order valence-corrected chi connectivity index (χ3v) is 4.22. The predicted molar refractivity (Wildman–Crippen MR) is 66.6 cm³/mol. The standard InChI is InChI=1S/C14H23NO2/c1-14(2)10-15(9-8-12(14)16)13(17)11-6-4-3-5-7-11/h11H,3-10H2,1-2H3. The molecule has 3 heteroatoms. The summed E-state index contributed by atoms with van der Waals surface area (Å²) < 4.78 is 0. The van der Waals surface area contributed by atoms with Crippen molar-refractivity contribution in [2.45, 2.75) is 52.4 Å². The number of rotatable bonds is 1. The lowest BCUT2D eigenvalue weighted by Gasteiger charge is -2.39. The molecule has 1 amide bonds. The number of nitrogens with zero attached hydrogens (tertiary/aromatic N) is 1. The summed E-state index contributed by atoms with van der Waals surface area (Å²) in [5.74, 6) is 0.822. The maximum absolute atomic E-state index is 12.4. The molecule has 1 heterocycles. The largest absolute Gasteiger partial charge is 0.341 e. The van der Waals surface area contributed by atoms with Gasteiger partial charge in [-0.15, -0.1) is 0 Å². The highest BCUT2D eigenvalue weighted by atomic mass is 16.2. The molecule has 0 aromatic carbocycles. The van der Waals surface area contributed by atoms with Crippen LogP contribution in [-0.4, -0.2) is 29.7 Å². The van der Waals surface area contributed by atoms with Crippen LogP contribution in [0.5, 0.6) is 0 Å². The van der Waals surface area contributed by atoms with E-state index in [2.05, 4.69) is 0 Å². The van der Waals surface area contributed by atoms with E-state index in [1.54, 1.807) is 0 Å². The Morgan fingerprint density at radius 3 is 2.47 bits per heavy atom. The second-order valence-corrected chi connectivity index (χ2v) is 6.15. The Hall–Kier alpha value is -0.860. The Balaban J connectivity index is 1.98. The maximum Gasteiger partial charge on any atom is 0.225 e. The predicted octanol–water partition coefficient (Wildman–Crippen LogP) is 2.39. The zero-order valence-corrected chi connectivity index (χ0v) is 11.0. The maximum atomic E-state index is 12.4. The Labute approximate surface area is 104 Å². The van der Waals surface area contributed by atoms with Gasteiger partial charge in [0.2, 0.25) is 5.91 Å².